The number of hydrogen-bond acceptors (Lipinski definition) is 5. The number of nitrogens with zero attached hydrogens (tertiary/aromatic N) is 4. The number of rotatable bonds is 4. The van der Waals surface area contributed by atoms with Crippen LogP contribution in [0.3, 0.4) is 0 Å². The van der Waals surface area contributed by atoms with Crippen LogP contribution in [-0.4, -0.2) is 19.3 Å². The largest absolute Gasteiger partial charge is 0.337 e. The molecule has 30 heavy (non-hydrogen) atoms. The Kier molecular flexibility index (Phi) is 4.95. The number of benzene rings is 2. The SMILES string of the molecule is CC(C)(C)c1ccc(-c2noc(Cn3ccn(-c4ccccc4)c(=O)c3=O)n2)cc1. The maximum absolute atomic E-state index is 12.5. The van der Waals surface area contributed by atoms with Crippen molar-refractivity contribution in [2.45, 2.75) is 32.7 Å². The standard InChI is InChI=1S/C23H22N4O3/c1-23(2,3)17-11-9-16(10-12-17)20-24-19(30-25-20)15-26-13-14-27(22(29)21(26)28)18-7-5-4-6-8-18/h4-14H,15H2,1-3H3. The predicted molar refractivity (Wildman–Crippen MR) is 114 cm³/mol. The lowest BCUT2D eigenvalue weighted by Crippen LogP contribution is -2.40. The van der Waals surface area contributed by atoms with E-state index in [2.05, 4.69) is 30.9 Å². The second-order valence-electron chi connectivity index (χ2n) is 8.08. The molecule has 152 valence electrons. The average molecular weight is 402 g/mol. The lowest BCUT2D eigenvalue weighted by molar-refractivity contribution is 0.369. The molecule has 0 amide bonds. The summed E-state index contributed by atoms with van der Waals surface area (Å²) in [5.74, 6) is 0.694. The van der Waals surface area contributed by atoms with Crippen LogP contribution in [-0.2, 0) is 12.0 Å². The van der Waals surface area contributed by atoms with E-state index in [1.807, 2.05) is 30.3 Å². The molecule has 4 rings (SSSR count). The molecule has 7 nitrogen and oxygen atoms in total. The molecule has 2 heterocycles. The minimum atomic E-state index is -0.657. The highest BCUT2D eigenvalue weighted by Crippen LogP contribution is 2.25. The Morgan fingerprint density at radius 3 is 2.27 bits per heavy atom. The van der Waals surface area contributed by atoms with Gasteiger partial charge in [-0.15, -0.1) is 0 Å². The highest BCUT2D eigenvalue weighted by atomic mass is 16.5. The predicted octanol–water partition coefficient (Wildman–Crippen LogP) is 3.40. The van der Waals surface area contributed by atoms with E-state index < -0.39 is 11.1 Å². The van der Waals surface area contributed by atoms with E-state index in [1.165, 1.54) is 14.7 Å². The first kappa shape index (κ1) is 19.6. The van der Waals surface area contributed by atoms with Gasteiger partial charge >= 0.3 is 11.1 Å². The van der Waals surface area contributed by atoms with Crippen molar-refractivity contribution in [1.82, 2.24) is 19.3 Å². The molecule has 0 spiro atoms. The van der Waals surface area contributed by atoms with E-state index in [0.29, 0.717) is 11.5 Å². The highest BCUT2D eigenvalue weighted by Gasteiger charge is 2.15. The van der Waals surface area contributed by atoms with Crippen molar-refractivity contribution in [1.29, 1.82) is 0 Å². The van der Waals surface area contributed by atoms with Gasteiger partial charge in [-0.05, 0) is 23.1 Å². The van der Waals surface area contributed by atoms with Crippen LogP contribution in [0.1, 0.15) is 32.2 Å². The summed E-state index contributed by atoms with van der Waals surface area (Å²) in [6, 6.07) is 17.0. The molecule has 0 bridgehead atoms. The van der Waals surface area contributed by atoms with Crippen LogP contribution in [0.5, 0.6) is 0 Å². The van der Waals surface area contributed by atoms with Crippen molar-refractivity contribution in [3.63, 3.8) is 0 Å². The molecule has 0 unspecified atom stereocenters. The normalized spacial score (nSPS) is 11.6. The number of hydrogen-bond donors (Lipinski definition) is 0. The lowest BCUT2D eigenvalue weighted by atomic mass is 9.87. The van der Waals surface area contributed by atoms with Gasteiger partial charge in [0, 0.05) is 23.6 Å². The van der Waals surface area contributed by atoms with E-state index in [0.717, 1.165) is 5.56 Å². The van der Waals surface area contributed by atoms with Crippen LogP contribution >= 0.6 is 0 Å². The fourth-order valence-corrected chi connectivity index (χ4v) is 3.13. The third-order valence-corrected chi connectivity index (χ3v) is 4.88. The van der Waals surface area contributed by atoms with Crippen molar-refractivity contribution in [2.24, 2.45) is 0 Å². The molecule has 2 aromatic carbocycles. The molecule has 0 fully saturated rings. The van der Waals surface area contributed by atoms with Crippen molar-refractivity contribution < 1.29 is 4.52 Å². The van der Waals surface area contributed by atoms with Crippen LogP contribution in [0.15, 0.2) is 81.1 Å². The Hall–Kier alpha value is -3.74. The van der Waals surface area contributed by atoms with Gasteiger partial charge < -0.3 is 4.52 Å². The first-order valence-corrected chi connectivity index (χ1v) is 9.64. The smallest absolute Gasteiger partial charge is 0.320 e. The minimum absolute atomic E-state index is 0.0246. The van der Waals surface area contributed by atoms with Gasteiger partial charge in [-0.25, -0.2) is 0 Å². The lowest BCUT2D eigenvalue weighted by Gasteiger charge is -2.18. The summed E-state index contributed by atoms with van der Waals surface area (Å²) in [6.07, 6.45) is 3.10. The Labute approximate surface area is 173 Å². The topological polar surface area (TPSA) is 82.9 Å². The zero-order valence-corrected chi connectivity index (χ0v) is 17.1. The average Bonchev–Trinajstić information content (AvgIpc) is 3.20. The molecule has 0 radical (unpaired) electrons. The third kappa shape index (κ3) is 3.87. The molecular formula is C23H22N4O3. The van der Waals surface area contributed by atoms with Gasteiger partial charge in [-0.2, -0.15) is 4.98 Å². The van der Waals surface area contributed by atoms with Gasteiger partial charge in [0.1, 0.15) is 6.54 Å². The first-order chi connectivity index (χ1) is 14.3. The maximum Gasteiger partial charge on any atom is 0.320 e. The molecule has 0 aliphatic carbocycles. The van der Waals surface area contributed by atoms with Crippen molar-refractivity contribution in [3.05, 3.63) is 99.2 Å². The molecule has 7 heteroatoms. The van der Waals surface area contributed by atoms with E-state index >= 15 is 0 Å². The van der Waals surface area contributed by atoms with E-state index in [9.17, 15) is 9.59 Å². The summed E-state index contributed by atoms with van der Waals surface area (Å²) in [5.41, 5.74) is 1.43. The second kappa shape index (κ2) is 7.59. The van der Waals surface area contributed by atoms with Gasteiger partial charge in [0.25, 0.3) is 0 Å². The minimum Gasteiger partial charge on any atom is -0.337 e. The summed E-state index contributed by atoms with van der Waals surface area (Å²) in [7, 11) is 0. The molecule has 0 saturated heterocycles. The highest BCUT2D eigenvalue weighted by molar-refractivity contribution is 5.55. The van der Waals surface area contributed by atoms with Gasteiger partial charge in [-0.3, -0.25) is 18.7 Å². The number of para-hydroxylation sites is 1. The molecule has 0 N–H and O–H groups in total. The zero-order chi connectivity index (χ0) is 21.3. The third-order valence-electron chi connectivity index (χ3n) is 4.88. The maximum atomic E-state index is 12.5. The Balaban J connectivity index is 1.58. The Morgan fingerprint density at radius 1 is 0.900 bits per heavy atom. The fraction of sp³-hybridized carbons (Fsp3) is 0.217. The van der Waals surface area contributed by atoms with Gasteiger partial charge in [0.05, 0.1) is 0 Å². The zero-order valence-electron chi connectivity index (χ0n) is 17.1. The van der Waals surface area contributed by atoms with Crippen LogP contribution in [0.4, 0.5) is 0 Å². The Bertz CT molecular complexity index is 1280. The van der Waals surface area contributed by atoms with Crippen molar-refractivity contribution in [3.8, 4) is 17.1 Å². The molecule has 4 aromatic rings. The van der Waals surface area contributed by atoms with E-state index in [4.69, 9.17) is 4.52 Å². The monoisotopic (exact) mass is 402 g/mol. The molecule has 2 aromatic heterocycles. The molecule has 0 aliphatic rings. The van der Waals surface area contributed by atoms with E-state index in [1.54, 1.807) is 36.7 Å². The fourth-order valence-electron chi connectivity index (χ4n) is 3.13. The molecular weight excluding hydrogens is 380 g/mol. The van der Waals surface area contributed by atoms with Gasteiger partial charge in [0.15, 0.2) is 0 Å². The van der Waals surface area contributed by atoms with Crippen molar-refractivity contribution >= 4 is 0 Å². The quantitative estimate of drug-likeness (QED) is 0.489. The Morgan fingerprint density at radius 2 is 1.60 bits per heavy atom. The van der Waals surface area contributed by atoms with E-state index in [-0.39, 0.29) is 17.9 Å². The van der Waals surface area contributed by atoms with Crippen molar-refractivity contribution in [2.75, 3.05) is 0 Å². The first-order valence-electron chi connectivity index (χ1n) is 9.64. The molecule has 0 saturated carbocycles. The van der Waals surface area contributed by atoms with Crippen LogP contribution in [0, 0.1) is 0 Å². The van der Waals surface area contributed by atoms with Crippen LogP contribution in [0.2, 0.25) is 0 Å². The molecule has 0 atom stereocenters. The summed E-state index contributed by atoms with van der Waals surface area (Å²) in [5, 5.41) is 4.01. The van der Waals surface area contributed by atoms with Gasteiger partial charge in [0.2, 0.25) is 11.7 Å². The summed E-state index contributed by atoms with van der Waals surface area (Å²) >= 11 is 0. The summed E-state index contributed by atoms with van der Waals surface area (Å²) < 4.78 is 7.88. The summed E-state index contributed by atoms with van der Waals surface area (Å²) in [4.78, 5) is 29.4. The number of aromatic nitrogens is 4. The van der Waals surface area contributed by atoms with Crippen LogP contribution < -0.4 is 11.1 Å². The summed E-state index contributed by atoms with van der Waals surface area (Å²) in [6.45, 7) is 6.48. The second-order valence-corrected chi connectivity index (χ2v) is 8.08. The van der Waals surface area contributed by atoms with Gasteiger partial charge in [-0.1, -0.05) is 68.4 Å². The molecule has 0 aliphatic heterocycles. The van der Waals surface area contributed by atoms with Crippen LogP contribution in [0.25, 0.3) is 17.1 Å².